The molecule has 4 fully saturated rings. The van der Waals surface area contributed by atoms with E-state index in [9.17, 15) is 19.2 Å². The standard InChI is InChI=1S/C39H42N2O4/c1-5-22-14-20(15-23(6-2)34(22)40-36(42)30-26-9-10-27(18-26)31(30)37(40)43)13-21-16-24(7-3)35(25(8-4)17-21)41-38(44)32-28-11-12-29(19-28)33(32)39(41)45/h9-12,14-17,26-33H,5-8,13,18-19H2,1-4H3. The van der Waals surface area contributed by atoms with Gasteiger partial charge in [0.1, 0.15) is 0 Å². The Morgan fingerprint density at radius 2 is 0.756 bits per heavy atom. The number of rotatable bonds is 8. The molecule has 0 radical (unpaired) electrons. The van der Waals surface area contributed by atoms with Crippen LogP contribution in [0.25, 0.3) is 0 Å². The highest BCUT2D eigenvalue weighted by Crippen LogP contribution is 2.55. The summed E-state index contributed by atoms with van der Waals surface area (Å²) >= 11 is 0. The summed E-state index contributed by atoms with van der Waals surface area (Å²) in [5.41, 5.74) is 8.08. The van der Waals surface area contributed by atoms with Crippen LogP contribution < -0.4 is 9.80 Å². The zero-order valence-electron chi connectivity index (χ0n) is 26.7. The summed E-state index contributed by atoms with van der Waals surface area (Å²) in [6.45, 7) is 8.39. The number of carbonyl (C=O) groups excluding carboxylic acids is 4. The lowest BCUT2D eigenvalue weighted by molar-refractivity contribution is -0.124. The van der Waals surface area contributed by atoms with Crippen molar-refractivity contribution in [1.29, 1.82) is 0 Å². The predicted molar refractivity (Wildman–Crippen MR) is 174 cm³/mol. The molecular formula is C39H42N2O4. The van der Waals surface area contributed by atoms with Crippen LogP contribution in [0, 0.1) is 47.3 Å². The van der Waals surface area contributed by atoms with E-state index in [-0.39, 0.29) is 71.0 Å². The molecule has 2 heterocycles. The summed E-state index contributed by atoms with van der Waals surface area (Å²) in [5, 5.41) is 0. The van der Waals surface area contributed by atoms with Crippen LogP contribution in [0.5, 0.6) is 0 Å². The van der Waals surface area contributed by atoms with Gasteiger partial charge in [-0.2, -0.15) is 0 Å². The van der Waals surface area contributed by atoms with E-state index in [0.29, 0.717) is 6.42 Å². The lowest BCUT2D eigenvalue weighted by atomic mass is 9.85. The van der Waals surface area contributed by atoms with Gasteiger partial charge in [-0.05, 0) is 102 Å². The van der Waals surface area contributed by atoms with Crippen LogP contribution >= 0.6 is 0 Å². The van der Waals surface area contributed by atoms with E-state index in [1.807, 2.05) is 0 Å². The maximum Gasteiger partial charge on any atom is 0.238 e. The van der Waals surface area contributed by atoms with Crippen LogP contribution in [0.2, 0.25) is 0 Å². The molecule has 6 heteroatoms. The lowest BCUT2D eigenvalue weighted by Crippen LogP contribution is -2.34. The molecule has 0 N–H and O–H groups in total. The minimum atomic E-state index is -0.208. The first-order valence-corrected chi connectivity index (χ1v) is 17.2. The van der Waals surface area contributed by atoms with E-state index in [1.54, 1.807) is 9.80 Å². The molecule has 0 spiro atoms. The molecule has 4 amide bonds. The Kier molecular flexibility index (Phi) is 6.60. The highest BCUT2D eigenvalue weighted by molar-refractivity contribution is 6.24. The Morgan fingerprint density at radius 3 is 1.00 bits per heavy atom. The van der Waals surface area contributed by atoms with Gasteiger partial charge in [0.15, 0.2) is 0 Å². The number of allylic oxidation sites excluding steroid dienone is 4. The third kappa shape index (κ3) is 3.93. The van der Waals surface area contributed by atoms with Crippen molar-refractivity contribution in [2.75, 3.05) is 9.80 Å². The van der Waals surface area contributed by atoms with Gasteiger partial charge in [0, 0.05) is 0 Å². The van der Waals surface area contributed by atoms with Crippen LogP contribution in [-0.2, 0) is 51.3 Å². The third-order valence-corrected chi connectivity index (χ3v) is 12.0. The minimum absolute atomic E-state index is 0.0197. The van der Waals surface area contributed by atoms with Gasteiger partial charge in [0.2, 0.25) is 23.6 Å². The van der Waals surface area contributed by atoms with Crippen LogP contribution in [0.15, 0.2) is 48.6 Å². The van der Waals surface area contributed by atoms with Crippen LogP contribution in [0.3, 0.4) is 0 Å². The number of hydrogen-bond acceptors (Lipinski definition) is 4. The SMILES string of the molecule is CCc1cc(Cc2cc(CC)c(N3C(=O)C4C5C=CC(C5)C4C3=O)c(CC)c2)cc(CC)c1N1C(=O)C2C3C=CC(C3)C2C1=O. The van der Waals surface area contributed by atoms with Gasteiger partial charge in [0.05, 0.1) is 35.0 Å². The Balaban J connectivity index is 1.13. The van der Waals surface area contributed by atoms with Gasteiger partial charge < -0.3 is 0 Å². The van der Waals surface area contributed by atoms with Gasteiger partial charge in [-0.1, -0.05) is 76.3 Å². The average molecular weight is 603 g/mol. The molecule has 6 nitrogen and oxygen atoms in total. The zero-order chi connectivity index (χ0) is 31.3. The van der Waals surface area contributed by atoms with E-state index in [2.05, 4.69) is 76.3 Å². The summed E-state index contributed by atoms with van der Waals surface area (Å²) in [7, 11) is 0. The Labute approximate surface area is 265 Å². The van der Waals surface area contributed by atoms with Gasteiger partial charge in [-0.15, -0.1) is 0 Å². The van der Waals surface area contributed by atoms with E-state index < -0.39 is 0 Å². The number of aryl methyl sites for hydroxylation is 4. The summed E-state index contributed by atoms with van der Waals surface area (Å²) in [5.74, 6) is -0.144. The highest BCUT2D eigenvalue weighted by atomic mass is 16.2. The fourth-order valence-electron chi connectivity index (χ4n) is 10.0. The number of amides is 4. The number of nitrogens with zero attached hydrogens (tertiary/aromatic N) is 2. The summed E-state index contributed by atoms with van der Waals surface area (Å²) in [6.07, 6.45) is 14.1. The lowest BCUT2D eigenvalue weighted by Gasteiger charge is -2.25. The molecule has 45 heavy (non-hydrogen) atoms. The van der Waals surface area contributed by atoms with Crippen molar-refractivity contribution in [3.05, 3.63) is 82.0 Å². The van der Waals surface area contributed by atoms with Crippen molar-refractivity contribution < 1.29 is 19.2 Å². The Morgan fingerprint density at radius 1 is 0.489 bits per heavy atom. The second-order valence-corrected chi connectivity index (χ2v) is 14.1. The molecular weight excluding hydrogens is 560 g/mol. The average Bonchev–Trinajstić information content (AvgIpc) is 3.90. The first-order valence-electron chi connectivity index (χ1n) is 17.2. The van der Waals surface area contributed by atoms with Gasteiger partial charge in [0.25, 0.3) is 0 Å². The number of imide groups is 2. The number of anilines is 2. The molecule has 8 rings (SSSR count). The topological polar surface area (TPSA) is 74.8 Å². The molecule has 8 atom stereocenters. The van der Waals surface area contributed by atoms with E-state index in [0.717, 1.165) is 83.3 Å². The largest absolute Gasteiger partial charge is 0.274 e. The maximum absolute atomic E-state index is 13.7. The fourth-order valence-corrected chi connectivity index (χ4v) is 10.0. The van der Waals surface area contributed by atoms with Gasteiger partial charge >= 0.3 is 0 Å². The van der Waals surface area contributed by atoms with Crippen molar-refractivity contribution >= 4 is 35.0 Å². The van der Waals surface area contributed by atoms with Crippen LogP contribution in [0.1, 0.15) is 73.9 Å². The molecule has 0 aromatic heterocycles. The van der Waals surface area contributed by atoms with Crippen LogP contribution in [-0.4, -0.2) is 23.6 Å². The van der Waals surface area contributed by atoms with E-state index >= 15 is 0 Å². The van der Waals surface area contributed by atoms with E-state index in [1.165, 1.54) is 0 Å². The molecule has 2 aromatic carbocycles. The molecule has 4 bridgehead atoms. The number of fused-ring (bicyclic) bond motifs is 10. The fraction of sp³-hybridized carbons (Fsp3) is 0.487. The molecule has 2 aromatic rings. The van der Waals surface area contributed by atoms with Crippen molar-refractivity contribution in [3.8, 4) is 0 Å². The second kappa shape index (κ2) is 10.4. The predicted octanol–water partition coefficient (Wildman–Crippen LogP) is 6.15. The molecule has 4 aliphatic carbocycles. The van der Waals surface area contributed by atoms with Gasteiger partial charge in [-0.3, -0.25) is 19.2 Å². The molecule has 2 saturated carbocycles. The number of hydrogen-bond donors (Lipinski definition) is 0. The maximum atomic E-state index is 13.7. The monoisotopic (exact) mass is 602 g/mol. The molecule has 2 aliphatic heterocycles. The molecule has 2 saturated heterocycles. The number of benzene rings is 2. The molecule has 232 valence electrons. The highest BCUT2D eigenvalue weighted by Gasteiger charge is 2.61. The number of carbonyl (C=O) groups is 4. The second-order valence-electron chi connectivity index (χ2n) is 14.1. The first kappa shape index (κ1) is 28.7. The minimum Gasteiger partial charge on any atom is -0.274 e. The van der Waals surface area contributed by atoms with Gasteiger partial charge in [-0.25, -0.2) is 9.80 Å². The van der Waals surface area contributed by atoms with Crippen molar-refractivity contribution in [1.82, 2.24) is 0 Å². The first-order chi connectivity index (χ1) is 21.8. The molecule has 8 unspecified atom stereocenters. The third-order valence-electron chi connectivity index (χ3n) is 12.0. The summed E-state index contributed by atoms with van der Waals surface area (Å²) < 4.78 is 0. The smallest absolute Gasteiger partial charge is 0.238 e. The summed E-state index contributed by atoms with van der Waals surface area (Å²) in [6, 6.07) is 8.72. The zero-order valence-corrected chi connectivity index (χ0v) is 26.7. The normalized spacial score (nSPS) is 32.2. The van der Waals surface area contributed by atoms with Crippen LogP contribution in [0.4, 0.5) is 11.4 Å². The van der Waals surface area contributed by atoms with Crippen molar-refractivity contribution in [2.45, 2.75) is 72.6 Å². The Hall–Kier alpha value is -3.80. The van der Waals surface area contributed by atoms with E-state index in [4.69, 9.17) is 0 Å². The summed E-state index contributed by atoms with van der Waals surface area (Å²) in [4.78, 5) is 58.1. The Bertz CT molecular complexity index is 1500. The van der Waals surface area contributed by atoms with Crippen molar-refractivity contribution in [2.24, 2.45) is 47.3 Å². The van der Waals surface area contributed by atoms with Crippen molar-refractivity contribution in [3.63, 3.8) is 0 Å². The quantitative estimate of drug-likeness (QED) is 0.268. The molecule has 6 aliphatic rings.